The molecule has 1 saturated carbocycles. The minimum absolute atomic E-state index is 0.117. The summed E-state index contributed by atoms with van der Waals surface area (Å²) in [6.45, 7) is 8.28. The number of nitrogens with zero attached hydrogens (tertiary/aromatic N) is 5. The summed E-state index contributed by atoms with van der Waals surface area (Å²) in [5.41, 5.74) is 5.10. The van der Waals surface area contributed by atoms with Crippen LogP contribution in [0.1, 0.15) is 36.6 Å². The third kappa shape index (κ3) is 3.51. The summed E-state index contributed by atoms with van der Waals surface area (Å²) in [5, 5.41) is 7.17. The van der Waals surface area contributed by atoms with Gasteiger partial charge in [0.25, 0.3) is 5.56 Å². The topological polar surface area (TPSA) is 89.7 Å². The van der Waals surface area contributed by atoms with Crippen LogP contribution in [0.25, 0.3) is 16.9 Å². The number of anilines is 2. The number of aromatic nitrogens is 5. The van der Waals surface area contributed by atoms with Crippen LogP contribution in [0.5, 0.6) is 0 Å². The van der Waals surface area contributed by atoms with Gasteiger partial charge in [-0.15, -0.1) is 6.58 Å². The zero-order valence-electron chi connectivity index (χ0n) is 19.2. The van der Waals surface area contributed by atoms with Crippen LogP contribution in [-0.4, -0.2) is 30.9 Å². The molecule has 0 atom stereocenters. The molecule has 2 N–H and O–H groups in total. The van der Waals surface area contributed by atoms with Crippen LogP contribution in [0.3, 0.4) is 0 Å². The zero-order valence-corrected chi connectivity index (χ0v) is 19.2. The highest BCUT2D eigenvalue weighted by molar-refractivity contribution is 5.77. The molecule has 172 valence electrons. The number of fused-ring (bicyclic) bond motifs is 2. The van der Waals surface area contributed by atoms with Gasteiger partial charge in [-0.2, -0.15) is 4.98 Å². The standard InChI is InChI=1S/C26H27N7O/c1-3-13-32-24(34)20-16-28-25(29-19-8-7-18-15-27-12-9-17(18)14-19)31-23(20)33(32)22-6-4-5-21(30-22)26(2)10-11-26/h3-8,14,16,27H,1,9-13,15H2,2H3,(H,28,29,31). The van der Waals surface area contributed by atoms with Crippen LogP contribution in [0, 0.1) is 0 Å². The lowest BCUT2D eigenvalue weighted by Crippen LogP contribution is -2.23. The van der Waals surface area contributed by atoms with Crippen molar-refractivity contribution in [3.8, 4) is 5.82 Å². The molecule has 34 heavy (non-hydrogen) atoms. The van der Waals surface area contributed by atoms with Crippen LogP contribution in [0.4, 0.5) is 11.6 Å². The molecule has 0 radical (unpaired) electrons. The Morgan fingerprint density at radius 3 is 2.91 bits per heavy atom. The second-order valence-electron chi connectivity index (χ2n) is 9.40. The zero-order chi connectivity index (χ0) is 23.3. The molecule has 4 aromatic rings. The quantitative estimate of drug-likeness (QED) is 0.434. The second kappa shape index (κ2) is 7.92. The Kier molecular flexibility index (Phi) is 4.84. The van der Waals surface area contributed by atoms with Gasteiger partial charge in [0.1, 0.15) is 5.39 Å². The van der Waals surface area contributed by atoms with E-state index in [1.54, 1.807) is 21.6 Å². The predicted molar refractivity (Wildman–Crippen MR) is 133 cm³/mol. The number of nitrogens with one attached hydrogen (secondary N) is 2. The number of allylic oxidation sites excluding steroid dienone is 1. The van der Waals surface area contributed by atoms with Crippen LogP contribution >= 0.6 is 0 Å². The molecule has 0 bridgehead atoms. The number of hydrogen-bond acceptors (Lipinski definition) is 6. The molecule has 1 aromatic carbocycles. The Balaban J connectivity index is 1.45. The number of hydrogen-bond donors (Lipinski definition) is 2. The van der Waals surface area contributed by atoms with Crippen molar-refractivity contribution in [2.24, 2.45) is 0 Å². The molecular formula is C26H27N7O. The summed E-state index contributed by atoms with van der Waals surface area (Å²) in [7, 11) is 0. The molecule has 0 unspecified atom stereocenters. The van der Waals surface area contributed by atoms with E-state index in [0.29, 0.717) is 29.3 Å². The largest absolute Gasteiger partial charge is 0.324 e. The predicted octanol–water partition coefficient (Wildman–Crippen LogP) is 3.60. The van der Waals surface area contributed by atoms with Crippen LogP contribution in [-0.2, 0) is 24.9 Å². The van der Waals surface area contributed by atoms with E-state index in [4.69, 9.17) is 9.97 Å². The maximum Gasteiger partial charge on any atom is 0.278 e. The van der Waals surface area contributed by atoms with E-state index in [0.717, 1.165) is 43.7 Å². The molecule has 1 aliphatic carbocycles. The first-order valence-corrected chi connectivity index (χ1v) is 11.7. The van der Waals surface area contributed by atoms with Crippen molar-refractivity contribution < 1.29 is 0 Å². The molecule has 2 aliphatic rings. The van der Waals surface area contributed by atoms with Crippen molar-refractivity contribution in [2.45, 2.75) is 44.7 Å². The van der Waals surface area contributed by atoms with E-state index < -0.39 is 0 Å². The first-order chi connectivity index (χ1) is 16.6. The van der Waals surface area contributed by atoms with Gasteiger partial charge in [0.15, 0.2) is 11.5 Å². The molecule has 1 fully saturated rings. The third-order valence-electron chi connectivity index (χ3n) is 6.90. The number of benzene rings is 1. The fourth-order valence-corrected chi connectivity index (χ4v) is 4.61. The summed E-state index contributed by atoms with van der Waals surface area (Å²) < 4.78 is 3.41. The normalized spacial score (nSPS) is 16.3. The maximum atomic E-state index is 13.2. The average molecular weight is 454 g/mol. The van der Waals surface area contributed by atoms with Gasteiger partial charge < -0.3 is 10.6 Å². The van der Waals surface area contributed by atoms with Gasteiger partial charge in [-0.3, -0.25) is 4.79 Å². The molecule has 3 aromatic heterocycles. The Bertz CT molecular complexity index is 1480. The molecule has 0 saturated heterocycles. The minimum Gasteiger partial charge on any atom is -0.324 e. The van der Waals surface area contributed by atoms with Crippen molar-refractivity contribution >= 4 is 22.7 Å². The first-order valence-electron chi connectivity index (χ1n) is 11.7. The third-order valence-corrected chi connectivity index (χ3v) is 6.90. The summed E-state index contributed by atoms with van der Waals surface area (Å²) in [5.74, 6) is 1.11. The van der Waals surface area contributed by atoms with Crippen LogP contribution in [0.2, 0.25) is 0 Å². The Labute approximate surface area is 197 Å². The van der Waals surface area contributed by atoms with Crippen molar-refractivity contribution in [3.63, 3.8) is 0 Å². The van der Waals surface area contributed by atoms with E-state index in [9.17, 15) is 4.79 Å². The van der Waals surface area contributed by atoms with Crippen molar-refractivity contribution in [1.82, 2.24) is 29.6 Å². The molecular weight excluding hydrogens is 426 g/mol. The number of pyridine rings is 1. The Morgan fingerprint density at radius 1 is 1.21 bits per heavy atom. The smallest absolute Gasteiger partial charge is 0.278 e. The fourth-order valence-electron chi connectivity index (χ4n) is 4.61. The van der Waals surface area contributed by atoms with Gasteiger partial charge in [-0.05, 0) is 61.2 Å². The van der Waals surface area contributed by atoms with Crippen LogP contribution in [0.15, 0.2) is 60.0 Å². The number of rotatable bonds is 6. The first kappa shape index (κ1) is 20.8. The highest BCUT2D eigenvalue weighted by Crippen LogP contribution is 2.46. The highest BCUT2D eigenvalue weighted by Gasteiger charge is 2.40. The lowest BCUT2D eigenvalue weighted by atomic mass is 10.0. The summed E-state index contributed by atoms with van der Waals surface area (Å²) in [6, 6.07) is 12.3. The van der Waals surface area contributed by atoms with E-state index in [-0.39, 0.29) is 11.0 Å². The summed E-state index contributed by atoms with van der Waals surface area (Å²) in [6.07, 6.45) is 6.55. The fraction of sp³-hybridized carbons (Fsp3) is 0.308. The van der Waals surface area contributed by atoms with Crippen LogP contribution < -0.4 is 16.2 Å². The molecule has 0 amide bonds. The van der Waals surface area contributed by atoms with Crippen molar-refractivity contribution in [1.29, 1.82) is 0 Å². The molecule has 8 nitrogen and oxygen atoms in total. The summed E-state index contributed by atoms with van der Waals surface area (Å²) >= 11 is 0. The van der Waals surface area contributed by atoms with Gasteiger partial charge in [0.2, 0.25) is 5.95 Å². The van der Waals surface area contributed by atoms with Crippen molar-refractivity contribution in [2.75, 3.05) is 11.9 Å². The van der Waals surface area contributed by atoms with Gasteiger partial charge >= 0.3 is 0 Å². The SMILES string of the molecule is C=CCn1c(=O)c2cnc(Nc3ccc4c(c3)CCNC4)nc2n1-c1cccc(C2(C)CC2)n1. The average Bonchev–Trinajstić information content (AvgIpc) is 3.56. The molecule has 6 rings (SSSR count). The van der Waals surface area contributed by atoms with Gasteiger partial charge in [-0.1, -0.05) is 25.1 Å². The molecule has 1 aliphatic heterocycles. The van der Waals surface area contributed by atoms with E-state index in [2.05, 4.69) is 47.3 Å². The van der Waals surface area contributed by atoms with Gasteiger partial charge in [0.05, 0.1) is 6.54 Å². The van der Waals surface area contributed by atoms with E-state index in [1.165, 1.54) is 11.1 Å². The van der Waals surface area contributed by atoms with Gasteiger partial charge in [0, 0.05) is 29.5 Å². The van der Waals surface area contributed by atoms with E-state index >= 15 is 0 Å². The monoisotopic (exact) mass is 453 g/mol. The Morgan fingerprint density at radius 2 is 2.09 bits per heavy atom. The Hall–Kier alpha value is -3.78. The second-order valence-corrected chi connectivity index (χ2v) is 9.40. The van der Waals surface area contributed by atoms with Gasteiger partial charge in [-0.25, -0.2) is 19.3 Å². The minimum atomic E-state index is -0.160. The highest BCUT2D eigenvalue weighted by atomic mass is 16.1. The van der Waals surface area contributed by atoms with E-state index in [1.807, 2.05) is 18.2 Å². The maximum absolute atomic E-state index is 13.2. The molecule has 8 heteroatoms. The summed E-state index contributed by atoms with van der Waals surface area (Å²) in [4.78, 5) is 27.3. The molecule has 4 heterocycles. The van der Waals surface area contributed by atoms with Crippen molar-refractivity contribution in [3.05, 3.63) is 82.4 Å². The lowest BCUT2D eigenvalue weighted by molar-refractivity contribution is 0.592. The molecule has 0 spiro atoms. The lowest BCUT2D eigenvalue weighted by Gasteiger charge is -2.18.